The van der Waals surface area contributed by atoms with Crippen LogP contribution < -0.4 is 5.73 Å². The molecule has 0 aromatic rings. The first-order valence-corrected chi connectivity index (χ1v) is 21.0. The van der Waals surface area contributed by atoms with Crippen LogP contribution in [0.15, 0.2) is 36.5 Å². The zero-order valence-corrected chi connectivity index (χ0v) is 32.1. The molecular weight excluding hydrogens is 641 g/mol. The second-order valence-corrected chi connectivity index (χ2v) is 14.3. The minimum atomic E-state index is -4.37. The summed E-state index contributed by atoms with van der Waals surface area (Å²) in [7, 11) is -4.37. The monoisotopic (exact) mass is 713 g/mol. The minimum Gasteiger partial charge on any atom is -0.462 e. The maximum absolute atomic E-state index is 12.5. The number of phosphoric acid groups is 1. The van der Waals surface area contributed by atoms with Crippen LogP contribution in [0.2, 0.25) is 0 Å². The highest BCUT2D eigenvalue weighted by Crippen LogP contribution is 2.43. The van der Waals surface area contributed by atoms with Crippen LogP contribution in [0, 0.1) is 0 Å². The minimum absolute atomic E-state index is 0.0510. The summed E-state index contributed by atoms with van der Waals surface area (Å²) in [5, 5.41) is 0. The number of phosphoric ester groups is 1. The molecule has 0 rings (SSSR count). The standard InChI is InChI=1S/C39H72NO8P/c1-3-5-7-9-11-13-14-15-16-17-18-19-20-21-22-24-26-28-30-32-39(42)48-37(36-47-49(43,44)46-34-33-40)35-45-38(41)31-29-27-25-23-12-10-8-6-4-2/h11,13,15-16,18-19,37H,3-10,12,14,17,20-36,40H2,1-2H3,(H,43,44)/b13-11-,16-15-,19-18-. The van der Waals surface area contributed by atoms with Gasteiger partial charge in [0.1, 0.15) is 6.61 Å². The first kappa shape index (κ1) is 47.2. The van der Waals surface area contributed by atoms with Crippen molar-refractivity contribution in [2.24, 2.45) is 5.73 Å². The number of nitrogens with two attached hydrogens (primary N) is 1. The smallest absolute Gasteiger partial charge is 0.462 e. The van der Waals surface area contributed by atoms with Crippen molar-refractivity contribution >= 4 is 19.8 Å². The van der Waals surface area contributed by atoms with Gasteiger partial charge in [-0.25, -0.2) is 4.57 Å². The average molecular weight is 714 g/mol. The van der Waals surface area contributed by atoms with Gasteiger partial charge in [0.15, 0.2) is 6.10 Å². The number of carbonyl (C=O) groups excluding carboxylic acids is 2. The fraction of sp³-hybridized carbons (Fsp3) is 0.795. The number of unbranched alkanes of at least 4 members (excludes halogenated alkanes) is 17. The zero-order valence-electron chi connectivity index (χ0n) is 31.2. The van der Waals surface area contributed by atoms with Gasteiger partial charge in [0.2, 0.25) is 0 Å². The predicted molar refractivity (Wildman–Crippen MR) is 201 cm³/mol. The lowest BCUT2D eigenvalue weighted by Gasteiger charge is -2.19. The number of ether oxygens (including phenoxy) is 2. The van der Waals surface area contributed by atoms with Crippen molar-refractivity contribution < 1.29 is 37.6 Å². The Morgan fingerprint density at radius 2 is 1.06 bits per heavy atom. The van der Waals surface area contributed by atoms with Crippen molar-refractivity contribution in [3.63, 3.8) is 0 Å². The van der Waals surface area contributed by atoms with Gasteiger partial charge in [0.05, 0.1) is 13.2 Å². The van der Waals surface area contributed by atoms with E-state index in [1.807, 2.05) is 0 Å². The Bertz CT molecular complexity index is 907. The molecule has 0 aliphatic heterocycles. The lowest BCUT2D eigenvalue weighted by atomic mass is 10.1. The lowest BCUT2D eigenvalue weighted by molar-refractivity contribution is -0.161. The molecule has 2 unspecified atom stereocenters. The Morgan fingerprint density at radius 1 is 0.612 bits per heavy atom. The van der Waals surface area contributed by atoms with Gasteiger partial charge in [-0.1, -0.05) is 140 Å². The number of rotatable bonds is 36. The Hall–Kier alpha value is -1.77. The van der Waals surface area contributed by atoms with E-state index in [4.69, 9.17) is 24.3 Å². The van der Waals surface area contributed by atoms with E-state index in [1.54, 1.807) is 0 Å². The summed E-state index contributed by atoms with van der Waals surface area (Å²) in [5.41, 5.74) is 5.33. The van der Waals surface area contributed by atoms with E-state index in [0.717, 1.165) is 70.6 Å². The average Bonchev–Trinajstić information content (AvgIpc) is 3.08. The van der Waals surface area contributed by atoms with Gasteiger partial charge in [-0.05, 0) is 51.4 Å². The molecule has 0 saturated carbocycles. The number of esters is 2. The first-order chi connectivity index (χ1) is 23.8. The predicted octanol–water partition coefficient (Wildman–Crippen LogP) is 10.6. The third-order valence-corrected chi connectivity index (χ3v) is 9.01. The van der Waals surface area contributed by atoms with Gasteiger partial charge in [0.25, 0.3) is 0 Å². The molecule has 0 aromatic carbocycles. The molecule has 3 N–H and O–H groups in total. The van der Waals surface area contributed by atoms with Crippen molar-refractivity contribution in [2.45, 2.75) is 174 Å². The third-order valence-electron chi connectivity index (χ3n) is 8.03. The highest BCUT2D eigenvalue weighted by atomic mass is 31.2. The molecule has 49 heavy (non-hydrogen) atoms. The van der Waals surface area contributed by atoms with Crippen LogP contribution in [-0.4, -0.2) is 49.3 Å². The fourth-order valence-electron chi connectivity index (χ4n) is 5.11. The number of hydrogen-bond acceptors (Lipinski definition) is 8. The molecule has 0 aliphatic rings. The molecule has 0 spiro atoms. The number of hydrogen-bond donors (Lipinski definition) is 2. The van der Waals surface area contributed by atoms with Crippen LogP contribution in [0.3, 0.4) is 0 Å². The molecule has 0 fully saturated rings. The van der Waals surface area contributed by atoms with Crippen molar-refractivity contribution in [1.82, 2.24) is 0 Å². The summed E-state index contributed by atoms with van der Waals surface area (Å²) >= 11 is 0. The molecule has 286 valence electrons. The summed E-state index contributed by atoms with van der Waals surface area (Å²) in [6.45, 7) is 3.65. The van der Waals surface area contributed by atoms with E-state index >= 15 is 0 Å². The molecular formula is C39H72NO8P. The Balaban J connectivity index is 4.20. The van der Waals surface area contributed by atoms with Crippen molar-refractivity contribution in [3.8, 4) is 0 Å². The topological polar surface area (TPSA) is 134 Å². The van der Waals surface area contributed by atoms with E-state index in [1.165, 1.54) is 64.2 Å². The first-order valence-electron chi connectivity index (χ1n) is 19.5. The van der Waals surface area contributed by atoms with Gasteiger partial charge in [0, 0.05) is 19.4 Å². The van der Waals surface area contributed by atoms with Gasteiger partial charge in [-0.3, -0.25) is 18.6 Å². The van der Waals surface area contributed by atoms with Crippen molar-refractivity contribution in [3.05, 3.63) is 36.5 Å². The molecule has 0 saturated heterocycles. The quantitative estimate of drug-likeness (QED) is 0.0281. The summed E-state index contributed by atoms with van der Waals surface area (Å²) in [6.07, 6.45) is 37.5. The van der Waals surface area contributed by atoms with Crippen LogP contribution in [0.4, 0.5) is 0 Å². The summed E-state index contributed by atoms with van der Waals surface area (Å²) in [4.78, 5) is 34.6. The second kappa shape index (κ2) is 36.0. The Labute approximate surface area is 299 Å². The van der Waals surface area contributed by atoms with Gasteiger partial charge in [-0.2, -0.15) is 0 Å². The lowest BCUT2D eigenvalue weighted by Crippen LogP contribution is -2.29. The van der Waals surface area contributed by atoms with E-state index in [-0.39, 0.29) is 38.6 Å². The normalized spacial score (nSPS) is 13.8. The molecule has 9 nitrogen and oxygen atoms in total. The Morgan fingerprint density at radius 3 is 1.61 bits per heavy atom. The van der Waals surface area contributed by atoms with E-state index in [0.29, 0.717) is 6.42 Å². The highest BCUT2D eigenvalue weighted by molar-refractivity contribution is 7.47. The number of carbonyl (C=O) groups is 2. The molecule has 0 aromatic heterocycles. The maximum atomic E-state index is 12.5. The molecule has 10 heteroatoms. The molecule has 0 aliphatic carbocycles. The zero-order chi connectivity index (χ0) is 36.1. The van der Waals surface area contributed by atoms with Gasteiger partial charge < -0.3 is 20.1 Å². The van der Waals surface area contributed by atoms with Crippen LogP contribution >= 0.6 is 7.82 Å². The van der Waals surface area contributed by atoms with Crippen molar-refractivity contribution in [2.75, 3.05) is 26.4 Å². The molecule has 0 bridgehead atoms. The second-order valence-electron chi connectivity index (χ2n) is 12.8. The maximum Gasteiger partial charge on any atom is 0.472 e. The van der Waals surface area contributed by atoms with Crippen molar-refractivity contribution in [1.29, 1.82) is 0 Å². The third kappa shape index (κ3) is 35.8. The van der Waals surface area contributed by atoms with E-state index < -0.39 is 26.5 Å². The molecule has 0 amide bonds. The molecule has 2 atom stereocenters. The van der Waals surface area contributed by atoms with Gasteiger partial charge >= 0.3 is 19.8 Å². The summed E-state index contributed by atoms with van der Waals surface area (Å²) in [5.74, 6) is -0.847. The van der Waals surface area contributed by atoms with Crippen LogP contribution in [0.1, 0.15) is 168 Å². The Kier molecular flexibility index (Phi) is 34.7. The van der Waals surface area contributed by atoms with E-state index in [9.17, 15) is 19.0 Å². The summed E-state index contributed by atoms with van der Waals surface area (Å²) < 4.78 is 32.6. The van der Waals surface area contributed by atoms with Crippen LogP contribution in [0.5, 0.6) is 0 Å². The largest absolute Gasteiger partial charge is 0.472 e. The number of allylic oxidation sites excluding steroid dienone is 6. The highest BCUT2D eigenvalue weighted by Gasteiger charge is 2.25. The van der Waals surface area contributed by atoms with Crippen LogP contribution in [-0.2, 0) is 32.7 Å². The SMILES string of the molecule is CCCCC/C=C\C/C=C\C/C=C\CCCCCCCCC(=O)OC(COC(=O)CCCCCCCCCCC)COP(=O)(O)OCCN. The molecule has 0 heterocycles. The van der Waals surface area contributed by atoms with Crippen LogP contribution in [0.25, 0.3) is 0 Å². The fourth-order valence-corrected chi connectivity index (χ4v) is 5.88. The van der Waals surface area contributed by atoms with E-state index in [2.05, 4.69) is 50.3 Å². The van der Waals surface area contributed by atoms with Gasteiger partial charge in [-0.15, -0.1) is 0 Å². The molecule has 0 radical (unpaired) electrons. The summed E-state index contributed by atoms with van der Waals surface area (Å²) in [6, 6.07) is 0.